The minimum Gasteiger partial charge on any atom is -0.377 e. The highest BCUT2D eigenvalue weighted by molar-refractivity contribution is 6.66. The maximum atomic E-state index is 5.46. The molecule has 0 saturated heterocycles. The maximum absolute atomic E-state index is 5.46. The third-order valence-electron chi connectivity index (χ3n) is 6.15. The molecule has 0 heterocycles. The topological polar surface area (TPSA) is 55.4 Å². The van der Waals surface area contributed by atoms with Gasteiger partial charge in [-0.05, 0) is 36.8 Å². The molecule has 0 fully saturated rings. The standard InChI is InChI=1S/C13H30O3Si.C6H14.C5H12O3Si.C4H8/c1-7-12(3)11-13(8-2)9-10-17(14-4,15-5)16-6;1-3-5-6-4-2;1-5-9(6-2,7-3)8-4;1-3-4-2/h12-13H,7-11H2,1-6H3;3-6H2,1-2H3;5H,1H2,2-4H3;3H,1,4H2,2H3. The van der Waals surface area contributed by atoms with Crippen molar-refractivity contribution in [3.63, 3.8) is 0 Å². The summed E-state index contributed by atoms with van der Waals surface area (Å²) >= 11 is 0. The third kappa shape index (κ3) is 24.0. The zero-order chi connectivity index (χ0) is 28.9. The second-order valence-corrected chi connectivity index (χ2v) is 14.6. The highest BCUT2D eigenvalue weighted by Gasteiger charge is 2.37. The van der Waals surface area contributed by atoms with Crippen LogP contribution < -0.4 is 0 Å². The molecular formula is C28H64O6Si2. The van der Waals surface area contributed by atoms with E-state index in [1.807, 2.05) is 6.08 Å². The van der Waals surface area contributed by atoms with Gasteiger partial charge in [0, 0.05) is 48.7 Å². The van der Waals surface area contributed by atoms with Gasteiger partial charge >= 0.3 is 17.6 Å². The third-order valence-corrected chi connectivity index (χ3v) is 11.1. The Balaban J connectivity index is -0.000000224. The van der Waals surface area contributed by atoms with Crippen LogP contribution in [0.3, 0.4) is 0 Å². The number of hydrogen-bond donors (Lipinski definition) is 0. The van der Waals surface area contributed by atoms with Crippen molar-refractivity contribution in [3.8, 4) is 0 Å². The average molecular weight is 553 g/mol. The zero-order valence-electron chi connectivity index (χ0n) is 26.2. The second kappa shape index (κ2) is 30.9. The molecule has 0 aliphatic rings. The summed E-state index contributed by atoms with van der Waals surface area (Å²) in [5.41, 5.74) is 1.58. The molecule has 2 atom stereocenters. The molecule has 8 heteroatoms. The fourth-order valence-corrected chi connectivity index (χ4v) is 6.04. The average Bonchev–Trinajstić information content (AvgIpc) is 2.94. The van der Waals surface area contributed by atoms with Crippen LogP contribution in [0.2, 0.25) is 6.04 Å². The van der Waals surface area contributed by atoms with Crippen LogP contribution in [-0.2, 0) is 26.6 Å². The molecule has 0 N–H and O–H groups in total. The van der Waals surface area contributed by atoms with Gasteiger partial charge in [0.25, 0.3) is 0 Å². The minimum absolute atomic E-state index is 0.761. The number of unbranched alkanes of at least 4 members (excludes halogenated alkanes) is 3. The Kier molecular flexibility index (Phi) is 36.7. The van der Waals surface area contributed by atoms with Crippen molar-refractivity contribution in [1.29, 1.82) is 0 Å². The van der Waals surface area contributed by atoms with E-state index in [0.717, 1.165) is 30.7 Å². The van der Waals surface area contributed by atoms with Gasteiger partial charge in [0.15, 0.2) is 0 Å². The van der Waals surface area contributed by atoms with Crippen LogP contribution in [0.5, 0.6) is 0 Å². The predicted molar refractivity (Wildman–Crippen MR) is 161 cm³/mol. The molecule has 0 radical (unpaired) electrons. The van der Waals surface area contributed by atoms with Crippen molar-refractivity contribution in [3.05, 3.63) is 24.9 Å². The number of allylic oxidation sites excluding steroid dienone is 1. The predicted octanol–water partition coefficient (Wildman–Crippen LogP) is 8.48. The first-order valence-corrected chi connectivity index (χ1v) is 17.4. The summed E-state index contributed by atoms with van der Waals surface area (Å²) < 4.78 is 31.3. The molecule has 0 amide bonds. The van der Waals surface area contributed by atoms with E-state index in [-0.39, 0.29) is 0 Å². The van der Waals surface area contributed by atoms with Gasteiger partial charge in [0.2, 0.25) is 0 Å². The van der Waals surface area contributed by atoms with Crippen LogP contribution in [-0.4, -0.2) is 60.3 Å². The van der Waals surface area contributed by atoms with Crippen LogP contribution in [0.15, 0.2) is 24.9 Å². The smallest absolute Gasteiger partial charge is 0.377 e. The maximum Gasteiger partial charge on any atom is 0.528 e. The quantitative estimate of drug-likeness (QED) is 0.0965. The fraction of sp³-hybridized carbons (Fsp3) is 0.857. The van der Waals surface area contributed by atoms with Crippen molar-refractivity contribution in [2.45, 2.75) is 105 Å². The molecule has 0 spiro atoms. The zero-order valence-corrected chi connectivity index (χ0v) is 28.2. The van der Waals surface area contributed by atoms with Gasteiger partial charge < -0.3 is 26.6 Å². The Bertz CT molecular complexity index is 423. The molecule has 2 unspecified atom stereocenters. The molecule has 0 saturated carbocycles. The van der Waals surface area contributed by atoms with Gasteiger partial charge in [-0.2, -0.15) is 0 Å². The lowest BCUT2D eigenvalue weighted by atomic mass is 9.90. The van der Waals surface area contributed by atoms with Crippen LogP contribution in [0, 0.1) is 11.8 Å². The number of hydrogen-bond acceptors (Lipinski definition) is 6. The monoisotopic (exact) mass is 552 g/mol. The van der Waals surface area contributed by atoms with Gasteiger partial charge in [0.05, 0.1) is 0 Å². The van der Waals surface area contributed by atoms with E-state index in [9.17, 15) is 0 Å². The first-order chi connectivity index (χ1) is 17.1. The summed E-state index contributed by atoms with van der Waals surface area (Å²) in [7, 11) is 4.91. The summed E-state index contributed by atoms with van der Waals surface area (Å²) in [5.74, 6) is 1.57. The van der Waals surface area contributed by atoms with Crippen molar-refractivity contribution >= 4 is 17.6 Å². The molecule has 0 bridgehead atoms. The summed E-state index contributed by atoms with van der Waals surface area (Å²) in [4.78, 5) is 0. The Morgan fingerprint density at radius 2 is 1.11 bits per heavy atom. The van der Waals surface area contributed by atoms with E-state index in [0.29, 0.717) is 0 Å². The van der Waals surface area contributed by atoms with Crippen LogP contribution in [0.4, 0.5) is 0 Å². The van der Waals surface area contributed by atoms with Crippen molar-refractivity contribution in [2.75, 3.05) is 42.7 Å². The molecular weight excluding hydrogens is 488 g/mol. The molecule has 0 aliphatic carbocycles. The van der Waals surface area contributed by atoms with E-state index in [1.165, 1.54) is 44.9 Å². The number of rotatable bonds is 18. The first-order valence-electron chi connectivity index (χ1n) is 13.7. The van der Waals surface area contributed by atoms with Crippen LogP contribution >= 0.6 is 0 Å². The van der Waals surface area contributed by atoms with Crippen molar-refractivity contribution in [2.24, 2.45) is 11.8 Å². The Morgan fingerprint density at radius 1 is 0.694 bits per heavy atom. The van der Waals surface area contributed by atoms with Crippen molar-refractivity contribution < 1.29 is 26.6 Å². The van der Waals surface area contributed by atoms with Gasteiger partial charge in [-0.1, -0.05) is 92.7 Å². The first kappa shape index (κ1) is 42.8. The van der Waals surface area contributed by atoms with E-state index < -0.39 is 17.6 Å². The van der Waals surface area contributed by atoms with Gasteiger partial charge in [-0.25, -0.2) is 0 Å². The van der Waals surface area contributed by atoms with Gasteiger partial charge in [0.1, 0.15) is 0 Å². The molecule has 0 rings (SSSR count). The normalized spacial score (nSPS) is 12.6. The molecule has 220 valence electrons. The second-order valence-electron chi connectivity index (χ2n) is 8.68. The SMILES string of the molecule is C=CCC.C=C[Si](OC)(OC)OC.CCC(C)CC(CC)CC[Si](OC)(OC)OC.CCCCCC. The Labute approximate surface area is 228 Å². The summed E-state index contributed by atoms with van der Waals surface area (Å²) in [6.45, 7) is 20.4. The van der Waals surface area contributed by atoms with Crippen molar-refractivity contribution in [1.82, 2.24) is 0 Å². The molecule has 0 aromatic carbocycles. The van der Waals surface area contributed by atoms with Crippen LogP contribution in [0.25, 0.3) is 0 Å². The Hall–Kier alpha value is -0.326. The highest BCUT2D eigenvalue weighted by Crippen LogP contribution is 2.26. The van der Waals surface area contributed by atoms with E-state index in [1.54, 1.807) is 48.4 Å². The summed E-state index contributed by atoms with van der Waals surface area (Å²) in [5, 5.41) is 0. The molecule has 0 aliphatic heterocycles. The molecule has 0 aromatic rings. The van der Waals surface area contributed by atoms with Crippen LogP contribution in [0.1, 0.15) is 99.3 Å². The van der Waals surface area contributed by atoms with E-state index >= 15 is 0 Å². The lowest BCUT2D eigenvalue weighted by Gasteiger charge is -2.27. The summed E-state index contributed by atoms with van der Waals surface area (Å²) in [6, 6.07) is 0.922. The molecule has 0 aromatic heterocycles. The van der Waals surface area contributed by atoms with E-state index in [4.69, 9.17) is 26.6 Å². The lowest BCUT2D eigenvalue weighted by molar-refractivity contribution is 0.120. The van der Waals surface area contributed by atoms with Gasteiger partial charge in [-0.15, -0.1) is 6.58 Å². The molecule has 6 nitrogen and oxygen atoms in total. The fourth-order valence-electron chi connectivity index (χ4n) is 3.16. The highest BCUT2D eigenvalue weighted by atomic mass is 28.4. The van der Waals surface area contributed by atoms with Gasteiger partial charge in [-0.3, -0.25) is 0 Å². The Morgan fingerprint density at radius 3 is 1.31 bits per heavy atom. The summed E-state index contributed by atoms with van der Waals surface area (Å²) in [6.07, 6.45) is 13.4. The molecule has 36 heavy (non-hydrogen) atoms. The largest absolute Gasteiger partial charge is 0.528 e. The van der Waals surface area contributed by atoms with E-state index in [2.05, 4.69) is 54.7 Å². The minimum atomic E-state index is -2.43. The lowest BCUT2D eigenvalue weighted by Crippen LogP contribution is -2.43.